The lowest BCUT2D eigenvalue weighted by atomic mass is 9.84. The van der Waals surface area contributed by atoms with Gasteiger partial charge in [0.05, 0.1) is 33.5 Å². The Balaban J connectivity index is 1.12. The van der Waals surface area contributed by atoms with Crippen LogP contribution in [0.3, 0.4) is 0 Å². The van der Waals surface area contributed by atoms with Crippen molar-refractivity contribution in [2.45, 2.75) is 78.6 Å². The van der Waals surface area contributed by atoms with E-state index in [1.807, 2.05) is 12.1 Å². The lowest BCUT2D eigenvalue weighted by Gasteiger charge is -2.34. The Kier molecular flexibility index (Phi) is 13.6. The predicted octanol–water partition coefficient (Wildman–Crippen LogP) is 23.1. The summed E-state index contributed by atoms with van der Waals surface area (Å²) < 4.78 is 7.64. The zero-order valence-corrected chi connectivity index (χ0v) is 48.6. The molecule has 0 spiro atoms. The summed E-state index contributed by atoms with van der Waals surface area (Å²) in [6.45, 7) is 20.5. The molecule has 0 bridgehead atoms. The first-order chi connectivity index (χ1) is 38.5. The topological polar surface area (TPSA) is 22.9 Å². The highest BCUT2D eigenvalue weighted by Gasteiger charge is 2.29. The van der Waals surface area contributed by atoms with Crippen molar-refractivity contribution in [3.8, 4) is 22.3 Å². The van der Waals surface area contributed by atoms with Crippen molar-refractivity contribution < 1.29 is 4.42 Å². The molecule has 6 heteroatoms. The maximum absolute atomic E-state index is 8.34. The fourth-order valence-corrected chi connectivity index (χ4v) is 12.3. The number of fused-ring (bicyclic) bond motifs is 4. The number of benzene rings is 10. The van der Waals surface area contributed by atoms with Crippen LogP contribution in [0.5, 0.6) is 0 Å². The molecule has 0 saturated heterocycles. The van der Waals surface area contributed by atoms with Crippen LogP contribution in [0.4, 0.5) is 51.2 Å². The normalized spacial score (nSPS) is 12.1. The van der Waals surface area contributed by atoms with Crippen LogP contribution in [0.2, 0.25) is 5.02 Å². The van der Waals surface area contributed by atoms with Gasteiger partial charge in [-0.3, -0.25) is 0 Å². The summed E-state index contributed by atoms with van der Waals surface area (Å²) in [5.41, 5.74) is 18.6. The van der Waals surface area contributed by atoms with Crippen molar-refractivity contribution in [3.63, 3.8) is 0 Å². The van der Waals surface area contributed by atoms with E-state index in [9.17, 15) is 0 Å². The molecule has 0 unspecified atom stereocenters. The molecule has 0 atom stereocenters. The molecule has 4 nitrogen and oxygen atoms in total. The number of halogens is 1. The van der Waals surface area contributed by atoms with Gasteiger partial charge in [-0.1, -0.05) is 207 Å². The molecule has 0 aliphatic carbocycles. The van der Waals surface area contributed by atoms with Crippen molar-refractivity contribution in [1.82, 2.24) is 0 Å². The van der Waals surface area contributed by atoms with Gasteiger partial charge in [0.2, 0.25) is 0 Å². The first-order valence-electron chi connectivity index (χ1n) is 27.7. The van der Waals surface area contributed by atoms with Gasteiger partial charge in [0.25, 0.3) is 0 Å². The van der Waals surface area contributed by atoms with E-state index >= 15 is 0 Å². The number of hydrogen-bond donors (Lipinski definition) is 0. The lowest BCUT2D eigenvalue weighted by molar-refractivity contribution is 0.590. The van der Waals surface area contributed by atoms with E-state index in [4.69, 9.17) is 16.0 Å². The van der Waals surface area contributed by atoms with Gasteiger partial charge in [0.15, 0.2) is 0 Å². The van der Waals surface area contributed by atoms with Crippen LogP contribution in [0.15, 0.2) is 240 Å². The monoisotopic (exact) mass is 1080 g/mol. The number of rotatable bonds is 11. The van der Waals surface area contributed by atoms with Crippen LogP contribution in [0.25, 0.3) is 54.3 Å². The van der Waals surface area contributed by atoms with Crippen LogP contribution >= 0.6 is 22.9 Å². The van der Waals surface area contributed by atoms with Crippen molar-refractivity contribution >= 4 is 106 Å². The van der Waals surface area contributed by atoms with Gasteiger partial charge < -0.3 is 19.1 Å². The Labute approximate surface area is 480 Å². The number of nitrogens with zero attached hydrogens (tertiary/aromatic N) is 3. The summed E-state index contributed by atoms with van der Waals surface area (Å²) in [5.74, 6) is 0. The highest BCUT2D eigenvalue weighted by Crippen LogP contribution is 2.53. The van der Waals surface area contributed by atoms with E-state index in [0.717, 1.165) is 95.4 Å². The lowest BCUT2D eigenvalue weighted by Crippen LogP contribution is -2.17. The summed E-state index contributed by atoms with van der Waals surface area (Å²) in [4.78, 5) is 7.14. The van der Waals surface area contributed by atoms with Crippen LogP contribution < -0.4 is 14.7 Å². The smallest absolute Gasteiger partial charge is 0.135 e. The quantitative estimate of drug-likeness (QED) is 0.129. The third-order valence-electron chi connectivity index (χ3n) is 15.5. The SMILES string of the molecule is CC(C)(C)c1ccc(N(c2cccc(N(c3ccc(C(C)(C)C)cc3-c3ccccc3)c3cccc(N(c4ccc5oc6ccccc6c5c4)c4csc5ccc(C(C)(C)C)cc45)c3Cl)c2)c2ccccc2-c2ccccc2)cc1. The third-order valence-corrected chi connectivity index (χ3v) is 16.8. The molecule has 12 rings (SSSR count). The Hall–Kier alpha value is -8.35. The highest BCUT2D eigenvalue weighted by atomic mass is 35.5. The third kappa shape index (κ3) is 9.95. The van der Waals surface area contributed by atoms with Gasteiger partial charge in [0.1, 0.15) is 11.2 Å². The standard InChI is InChI=1S/C74H66ClN3OS/c1-72(2,3)51-34-38-54(39-35-51)76(63-30-18-16-28-58(63)49-22-12-10-13-23-49)55-26-20-27-56(46-55)77(64-41-36-52(73(4,5)6)44-60(64)50-24-14-11-15-25-50)65-31-21-32-66(71(65)75)78(67-48-80-70-43-37-53(45-62(67)70)74(7,8)9)57-40-42-69-61(47-57)59-29-17-19-33-68(59)79-69/h10-48H,1-9H3. The Bertz CT molecular complexity index is 4210. The molecule has 80 heavy (non-hydrogen) atoms. The Morgan fingerprint density at radius 1 is 0.338 bits per heavy atom. The maximum atomic E-state index is 8.34. The molecule has 396 valence electrons. The largest absolute Gasteiger partial charge is 0.456 e. The molecule has 0 amide bonds. The second-order valence-electron chi connectivity index (χ2n) is 24.0. The summed E-state index contributed by atoms with van der Waals surface area (Å²) in [5, 5.41) is 6.17. The summed E-state index contributed by atoms with van der Waals surface area (Å²) in [6, 6.07) is 83.4. The summed E-state index contributed by atoms with van der Waals surface area (Å²) in [6.07, 6.45) is 0. The minimum absolute atomic E-state index is 0.0135. The van der Waals surface area contributed by atoms with Crippen molar-refractivity contribution in [2.24, 2.45) is 0 Å². The molecular formula is C74H66ClN3OS. The molecule has 12 aromatic rings. The van der Waals surface area contributed by atoms with E-state index in [2.05, 4.69) is 301 Å². The summed E-state index contributed by atoms with van der Waals surface area (Å²) >= 11 is 10.1. The molecule has 0 N–H and O–H groups in total. The first kappa shape index (κ1) is 52.4. The minimum Gasteiger partial charge on any atom is -0.456 e. The first-order valence-corrected chi connectivity index (χ1v) is 28.9. The number of anilines is 9. The van der Waals surface area contributed by atoms with Crippen molar-refractivity contribution in [3.05, 3.63) is 258 Å². The second-order valence-corrected chi connectivity index (χ2v) is 25.3. The average Bonchev–Trinajstić information content (AvgIpc) is 4.08. The van der Waals surface area contributed by atoms with E-state index in [0.29, 0.717) is 5.02 Å². The van der Waals surface area contributed by atoms with Crippen LogP contribution in [-0.2, 0) is 16.2 Å². The van der Waals surface area contributed by atoms with E-state index in [-0.39, 0.29) is 16.2 Å². The minimum atomic E-state index is -0.113. The van der Waals surface area contributed by atoms with Crippen LogP contribution in [-0.4, -0.2) is 0 Å². The molecular weight excluding hydrogens is 1010 g/mol. The van der Waals surface area contributed by atoms with Crippen LogP contribution in [0.1, 0.15) is 79.0 Å². The van der Waals surface area contributed by atoms with Crippen molar-refractivity contribution in [1.29, 1.82) is 0 Å². The van der Waals surface area contributed by atoms with Crippen molar-refractivity contribution in [2.75, 3.05) is 14.7 Å². The highest BCUT2D eigenvalue weighted by molar-refractivity contribution is 7.17. The van der Waals surface area contributed by atoms with Gasteiger partial charge in [-0.15, -0.1) is 11.3 Å². The van der Waals surface area contributed by atoms with Gasteiger partial charge in [0, 0.05) is 60.1 Å². The molecule has 0 radical (unpaired) electrons. The van der Waals surface area contributed by atoms with Gasteiger partial charge in [-0.25, -0.2) is 0 Å². The zero-order chi connectivity index (χ0) is 55.5. The average molecular weight is 1080 g/mol. The number of para-hydroxylation sites is 2. The number of furan rings is 1. The predicted molar refractivity (Wildman–Crippen MR) is 345 cm³/mol. The zero-order valence-electron chi connectivity index (χ0n) is 47.1. The summed E-state index contributed by atoms with van der Waals surface area (Å²) in [7, 11) is 0. The second kappa shape index (κ2) is 20.7. The van der Waals surface area contributed by atoms with Crippen LogP contribution in [0, 0.1) is 0 Å². The molecule has 0 fully saturated rings. The molecule has 2 aromatic heterocycles. The fraction of sp³-hybridized carbons (Fsp3) is 0.162. The molecule has 10 aromatic carbocycles. The molecule has 0 saturated carbocycles. The van der Waals surface area contributed by atoms with Gasteiger partial charge >= 0.3 is 0 Å². The Morgan fingerprint density at radius 2 is 0.838 bits per heavy atom. The Morgan fingerprint density at radius 3 is 1.52 bits per heavy atom. The number of hydrogen-bond acceptors (Lipinski definition) is 5. The van der Waals surface area contributed by atoms with E-state index in [1.54, 1.807) is 11.3 Å². The molecule has 0 aliphatic rings. The van der Waals surface area contributed by atoms with Gasteiger partial charge in [-0.05, 0) is 141 Å². The van der Waals surface area contributed by atoms with E-state index < -0.39 is 0 Å². The number of thiophene rings is 1. The van der Waals surface area contributed by atoms with Gasteiger partial charge in [-0.2, -0.15) is 0 Å². The fourth-order valence-electron chi connectivity index (χ4n) is 11.1. The maximum Gasteiger partial charge on any atom is 0.135 e. The molecule has 0 aliphatic heterocycles. The molecule has 2 heterocycles. The van der Waals surface area contributed by atoms with E-state index in [1.165, 1.54) is 26.8 Å².